The number of carbonyl (C=O) groups excluding carboxylic acids is 1. The van der Waals surface area contributed by atoms with Crippen LogP contribution in [-0.4, -0.2) is 68.7 Å². The summed E-state index contributed by atoms with van der Waals surface area (Å²) in [6, 6.07) is 17.9. The van der Waals surface area contributed by atoms with E-state index >= 15 is 0 Å². The summed E-state index contributed by atoms with van der Waals surface area (Å²) in [5.74, 6) is 1.44. The molecule has 0 aliphatic carbocycles. The third kappa shape index (κ3) is 4.57. The van der Waals surface area contributed by atoms with Crippen molar-refractivity contribution in [3.63, 3.8) is 0 Å². The van der Waals surface area contributed by atoms with Crippen LogP contribution in [0.15, 0.2) is 60.8 Å². The Labute approximate surface area is 202 Å². The molecule has 0 atom stereocenters. The van der Waals surface area contributed by atoms with Gasteiger partial charge < -0.3 is 9.64 Å². The van der Waals surface area contributed by atoms with Gasteiger partial charge in [0.15, 0.2) is 10.6 Å². The molecule has 0 spiro atoms. The number of rotatable bonds is 6. The second-order valence-electron chi connectivity index (χ2n) is 8.32. The van der Waals surface area contributed by atoms with Crippen LogP contribution in [0.1, 0.15) is 5.56 Å². The van der Waals surface area contributed by atoms with Gasteiger partial charge in [-0.2, -0.15) is 5.10 Å². The van der Waals surface area contributed by atoms with Crippen LogP contribution in [0.4, 0.5) is 0 Å². The van der Waals surface area contributed by atoms with E-state index in [4.69, 9.17) is 17.0 Å². The zero-order valence-electron chi connectivity index (χ0n) is 19.0. The smallest absolute Gasteiger partial charge is 0.242 e. The van der Waals surface area contributed by atoms with E-state index in [2.05, 4.69) is 44.3 Å². The number of para-hydroxylation sites is 1. The predicted molar refractivity (Wildman–Crippen MR) is 133 cm³/mol. The number of aromatic nitrogens is 4. The van der Waals surface area contributed by atoms with E-state index in [1.807, 2.05) is 41.4 Å². The highest BCUT2D eigenvalue weighted by atomic mass is 32.1. The molecule has 34 heavy (non-hydrogen) atoms. The van der Waals surface area contributed by atoms with E-state index in [1.54, 1.807) is 11.7 Å². The van der Waals surface area contributed by atoms with Gasteiger partial charge in [-0.15, -0.1) is 0 Å². The van der Waals surface area contributed by atoms with Crippen molar-refractivity contribution in [1.82, 2.24) is 29.5 Å². The Balaban J connectivity index is 1.23. The van der Waals surface area contributed by atoms with Crippen LogP contribution >= 0.6 is 12.2 Å². The molecule has 1 amide bonds. The Morgan fingerprint density at radius 2 is 1.82 bits per heavy atom. The monoisotopic (exact) mass is 474 g/mol. The molecular weight excluding hydrogens is 448 g/mol. The van der Waals surface area contributed by atoms with E-state index in [0.717, 1.165) is 41.9 Å². The lowest BCUT2D eigenvalue weighted by Gasteiger charge is -2.35. The minimum atomic E-state index is 0.0405. The molecule has 1 N–H and O–H groups in total. The maximum Gasteiger partial charge on any atom is 0.242 e. The van der Waals surface area contributed by atoms with E-state index < -0.39 is 0 Å². The average Bonchev–Trinajstić information content (AvgIpc) is 3.24. The third-order valence-electron chi connectivity index (χ3n) is 6.24. The van der Waals surface area contributed by atoms with Gasteiger partial charge in [-0.3, -0.25) is 24.3 Å². The number of nitrogens with zero attached hydrogens (tertiary/aromatic N) is 5. The van der Waals surface area contributed by atoms with Crippen LogP contribution in [-0.2, 0) is 17.9 Å². The Hall–Kier alpha value is -3.56. The van der Waals surface area contributed by atoms with E-state index in [-0.39, 0.29) is 12.5 Å². The second kappa shape index (κ2) is 9.74. The fraction of sp³-hybridized carbons (Fsp3) is 0.280. The average molecular weight is 475 g/mol. The summed E-state index contributed by atoms with van der Waals surface area (Å²) >= 11 is 5.41. The van der Waals surface area contributed by atoms with E-state index in [9.17, 15) is 4.79 Å². The minimum absolute atomic E-state index is 0.0405. The van der Waals surface area contributed by atoms with Crippen LogP contribution in [0.25, 0.3) is 22.3 Å². The molecule has 0 unspecified atom stereocenters. The zero-order chi connectivity index (χ0) is 23.5. The van der Waals surface area contributed by atoms with Crippen LogP contribution in [0.3, 0.4) is 0 Å². The number of aromatic amines is 1. The number of piperazine rings is 1. The number of ether oxygens (including phenoxy) is 1. The molecule has 1 saturated heterocycles. The molecule has 174 valence electrons. The molecule has 2 aromatic heterocycles. The lowest BCUT2D eigenvalue weighted by atomic mass is 10.1. The number of hydrogen-bond acceptors (Lipinski definition) is 6. The van der Waals surface area contributed by atoms with Gasteiger partial charge in [0, 0.05) is 49.9 Å². The summed E-state index contributed by atoms with van der Waals surface area (Å²) in [5.41, 5.74) is 3.13. The first-order valence-electron chi connectivity index (χ1n) is 11.2. The number of amides is 1. The molecule has 1 aliphatic heterocycles. The molecule has 0 radical (unpaired) electrons. The molecule has 4 aromatic rings. The largest absolute Gasteiger partial charge is 0.497 e. The van der Waals surface area contributed by atoms with Crippen molar-refractivity contribution in [2.45, 2.75) is 13.1 Å². The number of fused-ring (bicyclic) bond motifs is 1. The molecule has 5 rings (SSSR count). The van der Waals surface area contributed by atoms with E-state index in [0.29, 0.717) is 23.7 Å². The SMILES string of the molecule is COc1ccc(-c2n[nH]c(=S)n2CC(=O)N2CCN(Cc3cccc4cccnc34)CC2)cc1. The van der Waals surface area contributed by atoms with Crippen molar-refractivity contribution in [2.24, 2.45) is 0 Å². The van der Waals surface area contributed by atoms with Crippen LogP contribution in [0, 0.1) is 4.77 Å². The van der Waals surface area contributed by atoms with Gasteiger partial charge in [0.05, 0.1) is 12.6 Å². The van der Waals surface area contributed by atoms with Crippen molar-refractivity contribution in [3.05, 3.63) is 71.1 Å². The fourth-order valence-electron chi connectivity index (χ4n) is 4.35. The van der Waals surface area contributed by atoms with Crippen LogP contribution in [0.2, 0.25) is 0 Å². The van der Waals surface area contributed by atoms with Crippen LogP contribution in [0.5, 0.6) is 5.75 Å². The van der Waals surface area contributed by atoms with Crippen molar-refractivity contribution < 1.29 is 9.53 Å². The lowest BCUT2D eigenvalue weighted by molar-refractivity contribution is -0.133. The molecular formula is C25H26N6O2S. The highest BCUT2D eigenvalue weighted by Gasteiger charge is 2.23. The summed E-state index contributed by atoms with van der Waals surface area (Å²) in [6.45, 7) is 3.98. The van der Waals surface area contributed by atoms with Crippen LogP contribution < -0.4 is 4.74 Å². The van der Waals surface area contributed by atoms with Gasteiger partial charge in [-0.05, 0) is 48.1 Å². The number of carbonyl (C=O) groups is 1. The minimum Gasteiger partial charge on any atom is -0.497 e. The summed E-state index contributed by atoms with van der Waals surface area (Å²) in [7, 11) is 1.63. The van der Waals surface area contributed by atoms with Gasteiger partial charge in [0.1, 0.15) is 12.3 Å². The van der Waals surface area contributed by atoms with Gasteiger partial charge in [-0.25, -0.2) is 0 Å². The maximum absolute atomic E-state index is 13.1. The lowest BCUT2D eigenvalue weighted by Crippen LogP contribution is -2.49. The molecule has 9 heteroatoms. The topological polar surface area (TPSA) is 79.3 Å². The summed E-state index contributed by atoms with van der Waals surface area (Å²) < 4.78 is 7.42. The predicted octanol–water partition coefficient (Wildman–Crippen LogP) is 3.51. The van der Waals surface area contributed by atoms with Crippen molar-refractivity contribution in [2.75, 3.05) is 33.3 Å². The Kier molecular flexibility index (Phi) is 6.37. The molecule has 0 bridgehead atoms. The number of methoxy groups -OCH3 is 1. The van der Waals surface area contributed by atoms with Crippen molar-refractivity contribution in [3.8, 4) is 17.1 Å². The standard InChI is InChI=1S/C25H26N6O2S/c1-33-21-9-7-19(8-10-21)24-27-28-25(34)31(24)17-22(32)30-14-12-29(13-15-30)16-20-5-2-4-18-6-3-11-26-23(18)20/h2-11H,12-17H2,1H3,(H,28,34). The molecule has 8 nitrogen and oxygen atoms in total. The Morgan fingerprint density at radius 3 is 2.59 bits per heavy atom. The van der Waals surface area contributed by atoms with Gasteiger partial charge >= 0.3 is 0 Å². The number of pyridine rings is 1. The van der Waals surface area contributed by atoms with Gasteiger partial charge in [-0.1, -0.05) is 24.3 Å². The Morgan fingerprint density at radius 1 is 1.06 bits per heavy atom. The molecule has 1 aliphatic rings. The summed E-state index contributed by atoms with van der Waals surface area (Å²) in [4.78, 5) is 22.0. The Bertz CT molecular complexity index is 1350. The molecule has 1 fully saturated rings. The number of hydrogen-bond donors (Lipinski definition) is 1. The molecule has 3 heterocycles. The highest BCUT2D eigenvalue weighted by molar-refractivity contribution is 7.71. The van der Waals surface area contributed by atoms with Gasteiger partial charge in [0.25, 0.3) is 0 Å². The number of H-pyrrole nitrogens is 1. The maximum atomic E-state index is 13.1. The molecule has 0 saturated carbocycles. The van der Waals surface area contributed by atoms with Crippen molar-refractivity contribution >= 4 is 29.0 Å². The van der Waals surface area contributed by atoms with E-state index in [1.165, 1.54) is 5.56 Å². The third-order valence-corrected chi connectivity index (χ3v) is 6.55. The molecule has 2 aromatic carbocycles. The first-order valence-corrected chi connectivity index (χ1v) is 11.7. The van der Waals surface area contributed by atoms with Crippen molar-refractivity contribution in [1.29, 1.82) is 0 Å². The number of benzene rings is 2. The normalized spacial score (nSPS) is 14.4. The summed E-state index contributed by atoms with van der Waals surface area (Å²) in [5, 5.41) is 8.32. The second-order valence-corrected chi connectivity index (χ2v) is 8.70. The first-order chi connectivity index (χ1) is 16.6. The quantitative estimate of drug-likeness (QED) is 0.431. The highest BCUT2D eigenvalue weighted by Crippen LogP contribution is 2.22. The summed E-state index contributed by atoms with van der Waals surface area (Å²) in [6.07, 6.45) is 1.84. The first kappa shape index (κ1) is 22.2. The van der Waals surface area contributed by atoms with Gasteiger partial charge in [0.2, 0.25) is 5.91 Å². The number of nitrogens with one attached hydrogen (secondary N) is 1. The fourth-order valence-corrected chi connectivity index (χ4v) is 4.55. The zero-order valence-corrected chi connectivity index (χ0v) is 19.8.